The van der Waals surface area contributed by atoms with Crippen molar-refractivity contribution in [1.82, 2.24) is 4.90 Å². The van der Waals surface area contributed by atoms with Gasteiger partial charge in [-0.25, -0.2) is 4.39 Å². The Morgan fingerprint density at radius 1 is 1.28 bits per heavy atom. The highest BCUT2D eigenvalue weighted by molar-refractivity contribution is 5.45. The van der Waals surface area contributed by atoms with Crippen LogP contribution in [0.5, 0.6) is 5.75 Å². The SMILES string of the molecule is COc1ccc(CN(CC(O)c2ccc(F)cc2)C2CC2)cc1C#N. The second-order valence-corrected chi connectivity index (χ2v) is 6.37. The molecule has 0 spiro atoms. The van der Waals surface area contributed by atoms with Crippen molar-refractivity contribution in [1.29, 1.82) is 5.26 Å². The van der Waals surface area contributed by atoms with E-state index in [-0.39, 0.29) is 5.82 Å². The second-order valence-electron chi connectivity index (χ2n) is 6.37. The monoisotopic (exact) mass is 340 g/mol. The van der Waals surface area contributed by atoms with Crippen molar-refractivity contribution in [2.75, 3.05) is 13.7 Å². The molecule has 0 saturated heterocycles. The maximum Gasteiger partial charge on any atom is 0.136 e. The molecule has 1 unspecified atom stereocenters. The highest BCUT2D eigenvalue weighted by atomic mass is 19.1. The average molecular weight is 340 g/mol. The molecular formula is C20H21FN2O2. The fourth-order valence-electron chi connectivity index (χ4n) is 2.97. The van der Waals surface area contributed by atoms with Gasteiger partial charge in [-0.05, 0) is 48.2 Å². The number of hydrogen-bond acceptors (Lipinski definition) is 4. The van der Waals surface area contributed by atoms with Gasteiger partial charge in [-0.2, -0.15) is 5.26 Å². The van der Waals surface area contributed by atoms with E-state index in [2.05, 4.69) is 11.0 Å². The molecule has 1 saturated carbocycles. The number of aliphatic hydroxyl groups is 1. The van der Waals surface area contributed by atoms with Crippen LogP contribution in [0.25, 0.3) is 0 Å². The first-order valence-electron chi connectivity index (χ1n) is 8.35. The zero-order valence-corrected chi connectivity index (χ0v) is 14.2. The average Bonchev–Trinajstić information content (AvgIpc) is 3.46. The van der Waals surface area contributed by atoms with Crippen molar-refractivity contribution in [3.8, 4) is 11.8 Å². The predicted molar refractivity (Wildman–Crippen MR) is 92.5 cm³/mol. The number of halogens is 1. The summed E-state index contributed by atoms with van der Waals surface area (Å²) in [4.78, 5) is 2.22. The zero-order valence-electron chi connectivity index (χ0n) is 14.2. The minimum atomic E-state index is -0.671. The Balaban J connectivity index is 1.72. The van der Waals surface area contributed by atoms with Crippen molar-refractivity contribution < 1.29 is 14.2 Å². The maximum atomic E-state index is 13.0. The first kappa shape index (κ1) is 17.4. The number of hydrogen-bond donors (Lipinski definition) is 1. The standard InChI is InChI=1S/C20H21FN2O2/c1-25-20-9-2-14(10-16(20)11-22)12-23(18-7-8-18)13-19(24)15-3-5-17(21)6-4-15/h2-6,9-10,18-19,24H,7-8,12-13H2,1H3. The summed E-state index contributed by atoms with van der Waals surface area (Å²) in [6, 6.07) is 14.1. The number of aliphatic hydroxyl groups excluding tert-OH is 1. The van der Waals surface area contributed by atoms with E-state index in [1.54, 1.807) is 25.3 Å². The van der Waals surface area contributed by atoms with Gasteiger partial charge in [-0.1, -0.05) is 18.2 Å². The lowest BCUT2D eigenvalue weighted by atomic mass is 10.1. The number of methoxy groups -OCH3 is 1. The van der Waals surface area contributed by atoms with Crippen LogP contribution < -0.4 is 4.74 Å². The third-order valence-corrected chi connectivity index (χ3v) is 4.50. The molecule has 0 bridgehead atoms. The Morgan fingerprint density at radius 3 is 2.60 bits per heavy atom. The van der Waals surface area contributed by atoms with E-state index in [1.165, 1.54) is 12.1 Å². The summed E-state index contributed by atoms with van der Waals surface area (Å²) in [6.45, 7) is 1.13. The summed E-state index contributed by atoms with van der Waals surface area (Å²) in [6.07, 6.45) is 1.55. The highest BCUT2D eigenvalue weighted by Gasteiger charge is 2.30. The van der Waals surface area contributed by atoms with Crippen LogP contribution >= 0.6 is 0 Å². The molecule has 3 rings (SSSR count). The summed E-state index contributed by atoms with van der Waals surface area (Å²) < 4.78 is 18.2. The van der Waals surface area contributed by atoms with Crippen LogP contribution in [0.3, 0.4) is 0 Å². The van der Waals surface area contributed by atoms with Crippen LogP contribution in [0, 0.1) is 17.1 Å². The molecule has 0 aromatic heterocycles. The lowest BCUT2D eigenvalue weighted by Crippen LogP contribution is -2.30. The summed E-state index contributed by atoms with van der Waals surface area (Å²) >= 11 is 0. The molecule has 1 fully saturated rings. The first-order valence-corrected chi connectivity index (χ1v) is 8.35. The summed E-state index contributed by atoms with van der Waals surface area (Å²) in [5, 5.41) is 19.7. The Kier molecular flexibility index (Phi) is 5.32. The van der Waals surface area contributed by atoms with Gasteiger partial charge in [-0.3, -0.25) is 4.90 Å². The van der Waals surface area contributed by atoms with Crippen molar-refractivity contribution in [3.63, 3.8) is 0 Å². The van der Waals surface area contributed by atoms with E-state index < -0.39 is 6.10 Å². The smallest absolute Gasteiger partial charge is 0.136 e. The highest BCUT2D eigenvalue weighted by Crippen LogP contribution is 2.31. The molecule has 2 aromatic carbocycles. The number of rotatable bonds is 7. The lowest BCUT2D eigenvalue weighted by Gasteiger charge is -2.25. The van der Waals surface area contributed by atoms with Crippen molar-refractivity contribution >= 4 is 0 Å². The topological polar surface area (TPSA) is 56.5 Å². The molecule has 0 aliphatic heterocycles. The second kappa shape index (κ2) is 7.64. The Hall–Kier alpha value is -2.42. The molecule has 1 atom stereocenters. The molecule has 1 aliphatic rings. The van der Waals surface area contributed by atoms with E-state index in [0.29, 0.717) is 36.0 Å². The molecular weight excluding hydrogens is 319 g/mol. The van der Waals surface area contributed by atoms with E-state index in [9.17, 15) is 14.8 Å². The van der Waals surface area contributed by atoms with Gasteiger partial charge in [0.15, 0.2) is 0 Å². The maximum absolute atomic E-state index is 13.0. The van der Waals surface area contributed by atoms with Gasteiger partial charge in [0.05, 0.1) is 18.8 Å². The fraction of sp³-hybridized carbons (Fsp3) is 0.350. The van der Waals surface area contributed by atoms with Gasteiger partial charge in [-0.15, -0.1) is 0 Å². The van der Waals surface area contributed by atoms with Gasteiger partial charge < -0.3 is 9.84 Å². The molecule has 1 N–H and O–H groups in total. The molecule has 5 heteroatoms. The molecule has 4 nitrogen and oxygen atoms in total. The molecule has 0 heterocycles. The van der Waals surface area contributed by atoms with Gasteiger partial charge in [0.1, 0.15) is 17.6 Å². The molecule has 25 heavy (non-hydrogen) atoms. The van der Waals surface area contributed by atoms with Crippen molar-refractivity contribution in [2.45, 2.75) is 31.5 Å². The van der Waals surface area contributed by atoms with Gasteiger partial charge in [0.25, 0.3) is 0 Å². The van der Waals surface area contributed by atoms with Gasteiger partial charge in [0, 0.05) is 19.1 Å². The molecule has 0 radical (unpaired) electrons. The van der Waals surface area contributed by atoms with Crippen LogP contribution in [0.1, 0.15) is 35.6 Å². The largest absolute Gasteiger partial charge is 0.495 e. The third-order valence-electron chi connectivity index (χ3n) is 4.50. The zero-order chi connectivity index (χ0) is 17.8. The van der Waals surface area contributed by atoms with Gasteiger partial charge >= 0.3 is 0 Å². The first-order chi connectivity index (χ1) is 12.1. The van der Waals surface area contributed by atoms with Crippen LogP contribution in [-0.4, -0.2) is 29.7 Å². The summed E-state index contributed by atoms with van der Waals surface area (Å²) in [5.41, 5.74) is 2.23. The van der Waals surface area contributed by atoms with E-state index >= 15 is 0 Å². The van der Waals surface area contributed by atoms with Gasteiger partial charge in [0.2, 0.25) is 0 Å². The van der Waals surface area contributed by atoms with Crippen molar-refractivity contribution in [2.24, 2.45) is 0 Å². The third kappa shape index (κ3) is 4.36. The van der Waals surface area contributed by atoms with E-state index in [0.717, 1.165) is 18.4 Å². The fourth-order valence-corrected chi connectivity index (χ4v) is 2.97. The summed E-state index contributed by atoms with van der Waals surface area (Å²) in [7, 11) is 1.55. The number of nitriles is 1. The number of ether oxygens (including phenoxy) is 1. The van der Waals surface area contributed by atoms with Crippen LogP contribution in [0.15, 0.2) is 42.5 Å². The molecule has 130 valence electrons. The number of benzene rings is 2. The van der Waals surface area contributed by atoms with Crippen LogP contribution in [0.4, 0.5) is 4.39 Å². The van der Waals surface area contributed by atoms with Crippen LogP contribution in [0.2, 0.25) is 0 Å². The van der Waals surface area contributed by atoms with Crippen LogP contribution in [-0.2, 0) is 6.54 Å². The molecule has 0 amide bonds. The quantitative estimate of drug-likeness (QED) is 0.839. The Labute approximate surface area is 147 Å². The van der Waals surface area contributed by atoms with Crippen molar-refractivity contribution in [3.05, 3.63) is 65.0 Å². The Bertz CT molecular complexity index is 766. The lowest BCUT2D eigenvalue weighted by molar-refractivity contribution is 0.104. The molecule has 2 aromatic rings. The Morgan fingerprint density at radius 2 is 2.00 bits per heavy atom. The minimum absolute atomic E-state index is 0.308. The van der Waals surface area contributed by atoms with E-state index in [1.807, 2.05) is 12.1 Å². The normalized spacial score (nSPS) is 15.0. The number of nitrogens with zero attached hydrogens (tertiary/aromatic N) is 2. The summed E-state index contributed by atoms with van der Waals surface area (Å²) in [5.74, 6) is 0.257. The molecule has 1 aliphatic carbocycles. The van der Waals surface area contributed by atoms with E-state index in [4.69, 9.17) is 4.74 Å². The minimum Gasteiger partial charge on any atom is -0.495 e. The predicted octanol–water partition coefficient (Wildman–Crippen LogP) is 3.40.